The number of urea groups is 1. The van der Waals surface area contributed by atoms with Crippen molar-refractivity contribution >= 4 is 17.7 Å². The van der Waals surface area contributed by atoms with Crippen LogP contribution in [0.4, 0.5) is 10.5 Å². The number of nitrogens with one attached hydrogen (secondary N) is 2. The van der Waals surface area contributed by atoms with E-state index in [2.05, 4.69) is 15.6 Å². The molecule has 0 aliphatic carbocycles. The normalized spacial score (nSPS) is 15.7. The maximum atomic E-state index is 12.1. The molecular weight excluding hydrogens is 260 g/mol. The SMILES string of the molecule is CN(C(=O)Nc1cncc(C(=O)O)c1)C1CCNCC1. The lowest BCUT2D eigenvalue weighted by molar-refractivity contribution is 0.0696. The third-order valence-corrected chi connectivity index (χ3v) is 3.41. The van der Waals surface area contributed by atoms with Gasteiger partial charge in [0, 0.05) is 19.3 Å². The molecule has 20 heavy (non-hydrogen) atoms. The average Bonchev–Trinajstić information content (AvgIpc) is 2.47. The van der Waals surface area contributed by atoms with Crippen LogP contribution in [0.3, 0.4) is 0 Å². The van der Waals surface area contributed by atoms with Crippen molar-refractivity contribution in [1.82, 2.24) is 15.2 Å². The van der Waals surface area contributed by atoms with Crippen LogP contribution in [0.1, 0.15) is 23.2 Å². The highest BCUT2D eigenvalue weighted by atomic mass is 16.4. The number of carbonyl (C=O) groups excluding carboxylic acids is 1. The molecule has 2 heterocycles. The van der Waals surface area contributed by atoms with Crippen molar-refractivity contribution in [3.63, 3.8) is 0 Å². The minimum atomic E-state index is -1.07. The van der Waals surface area contributed by atoms with Gasteiger partial charge in [0.05, 0.1) is 17.4 Å². The van der Waals surface area contributed by atoms with Gasteiger partial charge in [0.25, 0.3) is 0 Å². The number of hydrogen-bond donors (Lipinski definition) is 3. The second-order valence-corrected chi connectivity index (χ2v) is 4.79. The number of aromatic nitrogens is 1. The summed E-state index contributed by atoms with van der Waals surface area (Å²) in [6.45, 7) is 1.80. The molecule has 0 unspecified atom stereocenters. The summed E-state index contributed by atoms with van der Waals surface area (Å²) >= 11 is 0. The third kappa shape index (κ3) is 3.45. The zero-order chi connectivity index (χ0) is 14.5. The molecule has 0 radical (unpaired) electrons. The number of rotatable bonds is 3. The number of carboxylic acid groups (broad SMARTS) is 1. The first-order chi connectivity index (χ1) is 9.58. The summed E-state index contributed by atoms with van der Waals surface area (Å²) in [5.74, 6) is -1.07. The van der Waals surface area contributed by atoms with Gasteiger partial charge >= 0.3 is 12.0 Å². The molecular formula is C13H18N4O3. The Morgan fingerprint density at radius 3 is 2.75 bits per heavy atom. The van der Waals surface area contributed by atoms with Gasteiger partial charge in [0.15, 0.2) is 0 Å². The quantitative estimate of drug-likeness (QED) is 0.766. The fourth-order valence-electron chi connectivity index (χ4n) is 2.20. The predicted octanol–water partition coefficient (Wildman–Crippen LogP) is 0.995. The van der Waals surface area contributed by atoms with E-state index in [1.165, 1.54) is 18.5 Å². The van der Waals surface area contributed by atoms with Gasteiger partial charge in [-0.3, -0.25) is 4.98 Å². The summed E-state index contributed by atoms with van der Waals surface area (Å²) in [5, 5.41) is 14.8. The van der Waals surface area contributed by atoms with Gasteiger partial charge in [-0.15, -0.1) is 0 Å². The number of hydrogen-bond acceptors (Lipinski definition) is 4. The second-order valence-electron chi connectivity index (χ2n) is 4.79. The zero-order valence-corrected chi connectivity index (χ0v) is 11.3. The monoisotopic (exact) mass is 278 g/mol. The van der Waals surface area contributed by atoms with Crippen molar-refractivity contribution in [3.05, 3.63) is 24.0 Å². The molecule has 1 aliphatic rings. The molecule has 2 rings (SSSR count). The second kappa shape index (κ2) is 6.33. The Balaban J connectivity index is 1.99. The Kier molecular flexibility index (Phi) is 4.52. The highest BCUT2D eigenvalue weighted by molar-refractivity contribution is 5.92. The molecule has 0 bridgehead atoms. The average molecular weight is 278 g/mol. The van der Waals surface area contributed by atoms with Crippen LogP contribution in [-0.4, -0.2) is 53.2 Å². The van der Waals surface area contributed by atoms with Crippen molar-refractivity contribution in [1.29, 1.82) is 0 Å². The molecule has 1 aromatic rings. The van der Waals surface area contributed by atoms with E-state index in [0.29, 0.717) is 5.69 Å². The predicted molar refractivity (Wildman–Crippen MR) is 73.9 cm³/mol. The van der Waals surface area contributed by atoms with Crippen LogP contribution in [0.2, 0.25) is 0 Å². The third-order valence-electron chi connectivity index (χ3n) is 3.41. The molecule has 0 spiro atoms. The number of carboxylic acids is 1. The van der Waals surface area contributed by atoms with Gasteiger partial charge in [0.2, 0.25) is 0 Å². The van der Waals surface area contributed by atoms with Crippen molar-refractivity contribution in [3.8, 4) is 0 Å². The molecule has 1 saturated heterocycles. The van der Waals surface area contributed by atoms with Crippen LogP contribution in [0.25, 0.3) is 0 Å². The summed E-state index contributed by atoms with van der Waals surface area (Å²) in [6.07, 6.45) is 4.50. The van der Waals surface area contributed by atoms with Gasteiger partial charge < -0.3 is 20.6 Å². The molecule has 2 amide bonds. The first kappa shape index (κ1) is 14.3. The molecule has 1 aromatic heterocycles. The molecule has 7 heteroatoms. The summed E-state index contributed by atoms with van der Waals surface area (Å²) in [4.78, 5) is 28.4. The Morgan fingerprint density at radius 2 is 2.10 bits per heavy atom. The van der Waals surface area contributed by atoms with Crippen molar-refractivity contribution in [2.75, 3.05) is 25.5 Å². The lowest BCUT2D eigenvalue weighted by atomic mass is 10.1. The number of aromatic carboxylic acids is 1. The van der Waals surface area contributed by atoms with Gasteiger partial charge in [-0.1, -0.05) is 0 Å². The lowest BCUT2D eigenvalue weighted by Gasteiger charge is -2.31. The first-order valence-electron chi connectivity index (χ1n) is 6.51. The highest BCUT2D eigenvalue weighted by Gasteiger charge is 2.22. The van der Waals surface area contributed by atoms with Gasteiger partial charge in [0.1, 0.15) is 0 Å². The summed E-state index contributed by atoms with van der Waals surface area (Å²) in [7, 11) is 1.75. The highest BCUT2D eigenvalue weighted by Crippen LogP contribution is 2.13. The minimum Gasteiger partial charge on any atom is -0.478 e. The molecule has 1 aliphatic heterocycles. The Labute approximate surface area is 117 Å². The zero-order valence-electron chi connectivity index (χ0n) is 11.3. The van der Waals surface area contributed by atoms with Crippen LogP contribution in [0, 0.1) is 0 Å². The van der Waals surface area contributed by atoms with E-state index >= 15 is 0 Å². The smallest absolute Gasteiger partial charge is 0.337 e. The molecule has 0 aromatic carbocycles. The largest absolute Gasteiger partial charge is 0.478 e. The number of nitrogens with zero attached hydrogens (tertiary/aromatic N) is 2. The molecule has 3 N–H and O–H groups in total. The minimum absolute atomic E-state index is 0.0484. The van der Waals surface area contributed by atoms with Crippen LogP contribution in [-0.2, 0) is 0 Å². The Morgan fingerprint density at radius 1 is 1.40 bits per heavy atom. The van der Waals surface area contributed by atoms with E-state index in [0.717, 1.165) is 25.9 Å². The fourth-order valence-corrected chi connectivity index (χ4v) is 2.20. The van der Waals surface area contributed by atoms with E-state index in [9.17, 15) is 9.59 Å². The Bertz CT molecular complexity index is 500. The standard InChI is InChI=1S/C13H18N4O3/c1-17(11-2-4-14-5-3-11)13(20)16-10-6-9(12(18)19)7-15-8-10/h6-8,11,14H,2-5H2,1H3,(H,16,20)(H,18,19). The molecule has 0 atom stereocenters. The van der Waals surface area contributed by atoms with Gasteiger partial charge in [-0.2, -0.15) is 0 Å². The molecule has 1 fully saturated rings. The summed E-state index contributed by atoms with van der Waals surface area (Å²) in [5.41, 5.74) is 0.433. The Hall–Kier alpha value is -2.15. The van der Waals surface area contributed by atoms with E-state index < -0.39 is 5.97 Å². The van der Waals surface area contributed by atoms with Crippen LogP contribution in [0.5, 0.6) is 0 Å². The van der Waals surface area contributed by atoms with E-state index in [1.54, 1.807) is 11.9 Å². The maximum absolute atomic E-state index is 12.1. The number of piperidine rings is 1. The van der Waals surface area contributed by atoms with Crippen LogP contribution in [0.15, 0.2) is 18.5 Å². The topological polar surface area (TPSA) is 94.6 Å². The van der Waals surface area contributed by atoms with Crippen molar-refractivity contribution in [2.24, 2.45) is 0 Å². The number of carbonyl (C=O) groups is 2. The lowest BCUT2D eigenvalue weighted by Crippen LogP contribution is -2.45. The fraction of sp³-hybridized carbons (Fsp3) is 0.462. The van der Waals surface area contributed by atoms with Gasteiger partial charge in [-0.05, 0) is 32.0 Å². The summed E-state index contributed by atoms with van der Waals surface area (Å²) in [6, 6.07) is 1.34. The van der Waals surface area contributed by atoms with Crippen LogP contribution < -0.4 is 10.6 Å². The number of amides is 2. The van der Waals surface area contributed by atoms with Gasteiger partial charge in [-0.25, -0.2) is 9.59 Å². The maximum Gasteiger partial charge on any atom is 0.337 e. The van der Waals surface area contributed by atoms with Crippen molar-refractivity contribution in [2.45, 2.75) is 18.9 Å². The molecule has 108 valence electrons. The molecule has 7 nitrogen and oxygen atoms in total. The van der Waals surface area contributed by atoms with E-state index in [4.69, 9.17) is 5.11 Å². The van der Waals surface area contributed by atoms with E-state index in [1.807, 2.05) is 0 Å². The van der Waals surface area contributed by atoms with E-state index in [-0.39, 0.29) is 17.6 Å². The van der Waals surface area contributed by atoms with Crippen LogP contribution >= 0.6 is 0 Å². The first-order valence-corrected chi connectivity index (χ1v) is 6.51. The molecule has 0 saturated carbocycles. The summed E-state index contributed by atoms with van der Waals surface area (Å²) < 4.78 is 0. The number of pyridine rings is 1. The number of anilines is 1. The van der Waals surface area contributed by atoms with Crippen molar-refractivity contribution < 1.29 is 14.7 Å².